The van der Waals surface area contributed by atoms with Gasteiger partial charge in [-0.1, -0.05) is 12.1 Å². The summed E-state index contributed by atoms with van der Waals surface area (Å²) in [5.74, 6) is 1.45. The van der Waals surface area contributed by atoms with E-state index in [9.17, 15) is 5.11 Å². The van der Waals surface area contributed by atoms with E-state index in [1.165, 1.54) is 0 Å². The lowest BCUT2D eigenvalue weighted by molar-refractivity contribution is 0.195. The molecule has 0 fully saturated rings. The lowest BCUT2D eigenvalue weighted by Gasteiger charge is -2.14. The van der Waals surface area contributed by atoms with Gasteiger partial charge in [-0.05, 0) is 19.9 Å². The second-order valence-corrected chi connectivity index (χ2v) is 3.06. The van der Waals surface area contributed by atoms with Crippen LogP contribution >= 0.6 is 0 Å². The van der Waals surface area contributed by atoms with Crippen LogP contribution in [0.25, 0.3) is 0 Å². The zero-order valence-electron chi connectivity index (χ0n) is 9.29. The van der Waals surface area contributed by atoms with Crippen molar-refractivity contribution < 1.29 is 14.6 Å². The van der Waals surface area contributed by atoms with Crippen molar-refractivity contribution in [1.82, 2.24) is 0 Å². The van der Waals surface area contributed by atoms with Gasteiger partial charge in [-0.3, -0.25) is 0 Å². The van der Waals surface area contributed by atoms with Crippen molar-refractivity contribution in [3.8, 4) is 11.5 Å². The van der Waals surface area contributed by atoms with Crippen molar-refractivity contribution in [2.24, 2.45) is 0 Å². The first kappa shape index (κ1) is 11.9. The highest BCUT2D eigenvalue weighted by Gasteiger charge is 2.09. The Morgan fingerprint density at radius 3 is 2.47 bits per heavy atom. The molecule has 0 spiro atoms. The van der Waals surface area contributed by atoms with E-state index < -0.39 is 0 Å². The molecule has 3 heteroatoms. The Bertz CT molecular complexity index is 273. The summed E-state index contributed by atoms with van der Waals surface area (Å²) < 4.78 is 11.0. The van der Waals surface area contributed by atoms with Crippen molar-refractivity contribution in [1.29, 1.82) is 0 Å². The zero-order valence-corrected chi connectivity index (χ0v) is 9.29. The molecule has 0 atom stereocenters. The largest absolute Gasteiger partial charge is 0.490 e. The molecule has 0 bridgehead atoms. The van der Waals surface area contributed by atoms with Crippen molar-refractivity contribution in [3.05, 3.63) is 23.8 Å². The Labute approximate surface area is 90.6 Å². The van der Waals surface area contributed by atoms with Gasteiger partial charge in [-0.2, -0.15) is 0 Å². The second kappa shape index (κ2) is 6.30. The lowest BCUT2D eigenvalue weighted by atomic mass is 10.1. The first-order valence-corrected chi connectivity index (χ1v) is 5.29. The van der Waals surface area contributed by atoms with Crippen molar-refractivity contribution in [2.75, 3.05) is 19.8 Å². The van der Waals surface area contributed by atoms with Crippen LogP contribution < -0.4 is 9.47 Å². The predicted molar refractivity (Wildman–Crippen MR) is 58.0 cm³/mol. The van der Waals surface area contributed by atoms with Crippen LogP contribution in [-0.4, -0.2) is 19.8 Å². The number of ether oxygens (including phenoxy) is 2. The minimum Gasteiger partial charge on any atom is -0.490 e. The molecule has 1 aromatic carbocycles. The molecule has 0 unspecified atom stereocenters. The number of para-hydroxylation sites is 1. The van der Waals surface area contributed by atoms with E-state index in [1.54, 1.807) is 0 Å². The first-order chi connectivity index (χ1) is 7.33. The number of hydrogen-bond donors (Lipinski definition) is 0. The molecule has 0 aromatic heterocycles. The normalized spacial score (nSPS) is 10.1. The molecule has 1 rings (SSSR count). The molecule has 1 aromatic rings. The highest BCUT2D eigenvalue weighted by molar-refractivity contribution is 5.46. The molecule has 0 aliphatic rings. The summed E-state index contributed by atoms with van der Waals surface area (Å²) in [4.78, 5) is 0. The van der Waals surface area contributed by atoms with Gasteiger partial charge in [-0.15, -0.1) is 0 Å². The van der Waals surface area contributed by atoms with E-state index in [0.29, 0.717) is 19.6 Å². The van der Waals surface area contributed by atoms with Crippen LogP contribution in [0, 0.1) is 0 Å². The van der Waals surface area contributed by atoms with E-state index in [2.05, 4.69) is 0 Å². The molecule has 3 nitrogen and oxygen atoms in total. The summed E-state index contributed by atoms with van der Waals surface area (Å²) in [6.07, 6.45) is 0.482. The maximum Gasteiger partial charge on any atom is 0.164 e. The third-order valence-electron chi connectivity index (χ3n) is 2.02. The molecule has 0 amide bonds. The van der Waals surface area contributed by atoms with Crippen LogP contribution in [0.1, 0.15) is 19.4 Å². The quantitative estimate of drug-likeness (QED) is 0.721. The average molecular weight is 209 g/mol. The van der Waals surface area contributed by atoms with E-state index in [0.717, 1.165) is 17.1 Å². The summed E-state index contributed by atoms with van der Waals surface area (Å²) >= 11 is 0. The molecule has 0 saturated carbocycles. The van der Waals surface area contributed by atoms with Crippen LogP contribution in [0.3, 0.4) is 0 Å². The summed E-state index contributed by atoms with van der Waals surface area (Å²) in [6.45, 7) is 4.90. The van der Waals surface area contributed by atoms with Crippen molar-refractivity contribution in [3.63, 3.8) is 0 Å². The van der Waals surface area contributed by atoms with E-state index in [-0.39, 0.29) is 6.61 Å². The predicted octanol–water partition coefficient (Wildman–Crippen LogP) is 2.46. The topological polar surface area (TPSA) is 38.4 Å². The Kier molecular flexibility index (Phi) is 4.98. The zero-order chi connectivity index (χ0) is 11.1. The number of benzene rings is 1. The number of hydrogen-bond acceptors (Lipinski definition) is 2. The molecule has 15 heavy (non-hydrogen) atoms. The molecule has 0 heterocycles. The minimum atomic E-state index is -0.129. The molecular formula is C12H17O3. The van der Waals surface area contributed by atoms with Gasteiger partial charge in [0.2, 0.25) is 0 Å². The van der Waals surface area contributed by atoms with Gasteiger partial charge < -0.3 is 9.47 Å². The maximum absolute atomic E-state index is 10.6. The summed E-state index contributed by atoms with van der Waals surface area (Å²) in [7, 11) is 0. The van der Waals surface area contributed by atoms with Crippen LogP contribution in [-0.2, 0) is 11.5 Å². The fourth-order valence-corrected chi connectivity index (χ4v) is 1.45. The fraction of sp³-hybridized carbons (Fsp3) is 0.500. The van der Waals surface area contributed by atoms with E-state index >= 15 is 0 Å². The third kappa shape index (κ3) is 3.13. The van der Waals surface area contributed by atoms with Crippen LogP contribution in [0.15, 0.2) is 18.2 Å². The Hall–Kier alpha value is -1.22. The lowest BCUT2D eigenvalue weighted by Crippen LogP contribution is -2.02. The van der Waals surface area contributed by atoms with Crippen LogP contribution in [0.2, 0.25) is 0 Å². The van der Waals surface area contributed by atoms with Crippen LogP contribution in [0.4, 0.5) is 0 Å². The summed E-state index contributed by atoms with van der Waals surface area (Å²) in [5.41, 5.74) is 0.929. The smallest absolute Gasteiger partial charge is 0.164 e. The molecule has 0 aliphatic carbocycles. The van der Waals surface area contributed by atoms with Gasteiger partial charge in [-0.25, -0.2) is 5.11 Å². The third-order valence-corrected chi connectivity index (χ3v) is 2.02. The highest BCUT2D eigenvalue weighted by atomic mass is 16.5. The minimum absolute atomic E-state index is 0.129. The summed E-state index contributed by atoms with van der Waals surface area (Å²) in [5, 5.41) is 10.6. The van der Waals surface area contributed by atoms with E-state index in [1.807, 2.05) is 32.0 Å². The SMILES string of the molecule is CCOc1cccc(CC[O])c1OCC. The molecule has 0 saturated heterocycles. The van der Waals surface area contributed by atoms with Crippen LogP contribution in [0.5, 0.6) is 11.5 Å². The van der Waals surface area contributed by atoms with Gasteiger partial charge in [0.1, 0.15) is 0 Å². The first-order valence-electron chi connectivity index (χ1n) is 5.29. The van der Waals surface area contributed by atoms with Crippen molar-refractivity contribution in [2.45, 2.75) is 20.3 Å². The Morgan fingerprint density at radius 1 is 1.13 bits per heavy atom. The molecule has 1 radical (unpaired) electrons. The Balaban J connectivity index is 2.97. The second-order valence-electron chi connectivity index (χ2n) is 3.06. The van der Waals surface area contributed by atoms with Gasteiger partial charge in [0.15, 0.2) is 11.5 Å². The highest BCUT2D eigenvalue weighted by Crippen LogP contribution is 2.31. The van der Waals surface area contributed by atoms with E-state index in [4.69, 9.17) is 9.47 Å². The molecule has 83 valence electrons. The standard InChI is InChI=1S/C12H17O3/c1-3-14-11-7-5-6-10(8-9-13)12(11)15-4-2/h5-7H,3-4,8-9H2,1-2H3. The molecule has 0 aliphatic heterocycles. The molecule has 0 N–H and O–H groups in total. The maximum atomic E-state index is 10.6. The van der Waals surface area contributed by atoms with Gasteiger partial charge in [0, 0.05) is 12.0 Å². The summed E-state index contributed by atoms with van der Waals surface area (Å²) in [6, 6.07) is 5.66. The fourth-order valence-electron chi connectivity index (χ4n) is 1.45. The van der Waals surface area contributed by atoms with Gasteiger partial charge >= 0.3 is 0 Å². The van der Waals surface area contributed by atoms with Gasteiger partial charge in [0.05, 0.1) is 19.8 Å². The Morgan fingerprint density at radius 2 is 1.87 bits per heavy atom. The monoisotopic (exact) mass is 209 g/mol. The van der Waals surface area contributed by atoms with Gasteiger partial charge in [0.25, 0.3) is 0 Å². The number of rotatable bonds is 6. The van der Waals surface area contributed by atoms with Crippen molar-refractivity contribution >= 4 is 0 Å². The average Bonchev–Trinajstić information content (AvgIpc) is 2.23. The molecular weight excluding hydrogens is 192 g/mol.